The van der Waals surface area contributed by atoms with Crippen LogP contribution in [0.2, 0.25) is 0 Å². The Labute approximate surface area is 94.1 Å². The van der Waals surface area contributed by atoms with Gasteiger partial charge in [-0.1, -0.05) is 42.5 Å². The molecule has 80 valence electrons. The van der Waals surface area contributed by atoms with E-state index in [-0.39, 0.29) is 0 Å². The Morgan fingerprint density at radius 3 is 2.81 bits per heavy atom. The Bertz CT molecular complexity index is 595. The smallest absolute Gasteiger partial charge is 0.0679 e. The van der Waals surface area contributed by atoms with Crippen molar-refractivity contribution in [1.82, 2.24) is 5.06 Å². The van der Waals surface area contributed by atoms with E-state index in [9.17, 15) is 5.21 Å². The molecule has 16 heavy (non-hydrogen) atoms. The monoisotopic (exact) mass is 211 g/mol. The van der Waals surface area contributed by atoms with E-state index in [2.05, 4.69) is 30.4 Å². The fraction of sp³-hybridized carbons (Fsp3) is 0.143. The SMILES string of the molecule is ON1CC=CC2=C1C=c1ccccc1=CC2. The van der Waals surface area contributed by atoms with E-state index >= 15 is 0 Å². The van der Waals surface area contributed by atoms with Crippen LogP contribution in [0.4, 0.5) is 0 Å². The molecule has 0 radical (unpaired) electrons. The molecule has 3 rings (SSSR count). The van der Waals surface area contributed by atoms with Gasteiger partial charge in [-0.2, -0.15) is 0 Å². The Morgan fingerprint density at radius 1 is 1.12 bits per heavy atom. The first-order chi connectivity index (χ1) is 7.84. The van der Waals surface area contributed by atoms with Gasteiger partial charge in [-0.25, -0.2) is 0 Å². The predicted molar refractivity (Wildman–Crippen MR) is 63.9 cm³/mol. The van der Waals surface area contributed by atoms with Crippen molar-refractivity contribution in [3.05, 3.63) is 58.1 Å². The third kappa shape index (κ3) is 1.48. The van der Waals surface area contributed by atoms with Crippen molar-refractivity contribution >= 4 is 12.2 Å². The lowest BCUT2D eigenvalue weighted by molar-refractivity contribution is -0.0399. The Balaban J connectivity index is 2.25. The van der Waals surface area contributed by atoms with E-state index in [1.807, 2.05) is 18.2 Å². The van der Waals surface area contributed by atoms with Gasteiger partial charge >= 0.3 is 0 Å². The average Bonchev–Trinajstić information content (AvgIpc) is 2.50. The highest BCUT2D eigenvalue weighted by Crippen LogP contribution is 2.20. The summed E-state index contributed by atoms with van der Waals surface area (Å²) in [7, 11) is 0. The van der Waals surface area contributed by atoms with Gasteiger partial charge in [0.2, 0.25) is 0 Å². The molecule has 2 heteroatoms. The number of allylic oxidation sites excluding steroid dienone is 3. The lowest BCUT2D eigenvalue weighted by Crippen LogP contribution is -2.26. The van der Waals surface area contributed by atoms with Crippen LogP contribution < -0.4 is 10.4 Å². The molecule has 0 amide bonds. The second-order valence-electron chi connectivity index (χ2n) is 4.08. The molecule has 0 bridgehead atoms. The topological polar surface area (TPSA) is 23.5 Å². The molecule has 0 saturated carbocycles. The highest BCUT2D eigenvalue weighted by Gasteiger charge is 2.13. The summed E-state index contributed by atoms with van der Waals surface area (Å²) in [6.07, 6.45) is 9.21. The first-order valence-electron chi connectivity index (χ1n) is 5.48. The van der Waals surface area contributed by atoms with Gasteiger partial charge in [0.25, 0.3) is 0 Å². The Hall–Kier alpha value is -1.80. The number of fused-ring (bicyclic) bond motifs is 1. The normalized spacial score (nSPS) is 18.2. The molecule has 1 aliphatic carbocycles. The summed E-state index contributed by atoms with van der Waals surface area (Å²) >= 11 is 0. The van der Waals surface area contributed by atoms with Gasteiger partial charge < -0.3 is 0 Å². The largest absolute Gasteiger partial charge is 0.288 e. The molecule has 1 aliphatic heterocycles. The molecule has 0 unspecified atom stereocenters. The summed E-state index contributed by atoms with van der Waals surface area (Å²) in [6.45, 7) is 0.567. The zero-order chi connectivity index (χ0) is 11.0. The number of hydrogen-bond acceptors (Lipinski definition) is 2. The molecule has 1 heterocycles. The van der Waals surface area contributed by atoms with Crippen LogP contribution in [0, 0.1) is 0 Å². The molecule has 1 aromatic rings. The number of hydrogen-bond donors (Lipinski definition) is 1. The number of rotatable bonds is 0. The van der Waals surface area contributed by atoms with Gasteiger partial charge in [0.1, 0.15) is 0 Å². The van der Waals surface area contributed by atoms with E-state index in [1.54, 1.807) is 0 Å². The lowest BCUT2D eigenvalue weighted by atomic mass is 10.1. The summed E-state index contributed by atoms with van der Waals surface area (Å²) in [6, 6.07) is 8.25. The second-order valence-corrected chi connectivity index (χ2v) is 4.08. The molecule has 0 aromatic heterocycles. The minimum atomic E-state index is 0.567. The number of hydroxylamine groups is 2. The third-order valence-electron chi connectivity index (χ3n) is 3.03. The van der Waals surface area contributed by atoms with Crippen LogP contribution in [0.15, 0.2) is 47.7 Å². The fourth-order valence-electron chi connectivity index (χ4n) is 2.18. The number of nitrogens with zero attached hydrogens (tertiary/aromatic N) is 1. The molecule has 0 atom stereocenters. The van der Waals surface area contributed by atoms with Gasteiger partial charge in [-0.3, -0.25) is 10.3 Å². The molecule has 0 spiro atoms. The van der Waals surface area contributed by atoms with Crippen molar-refractivity contribution in [2.75, 3.05) is 6.54 Å². The zero-order valence-electron chi connectivity index (χ0n) is 8.93. The minimum Gasteiger partial charge on any atom is -0.288 e. The van der Waals surface area contributed by atoms with Crippen LogP contribution in [-0.4, -0.2) is 16.8 Å². The highest BCUT2D eigenvalue weighted by molar-refractivity contribution is 5.57. The minimum absolute atomic E-state index is 0.567. The van der Waals surface area contributed by atoms with Gasteiger partial charge in [-0.15, -0.1) is 0 Å². The highest BCUT2D eigenvalue weighted by atomic mass is 16.5. The summed E-state index contributed by atoms with van der Waals surface area (Å²) in [5.41, 5.74) is 2.09. The third-order valence-corrected chi connectivity index (χ3v) is 3.03. The molecule has 0 fully saturated rings. The lowest BCUT2D eigenvalue weighted by Gasteiger charge is -2.22. The van der Waals surface area contributed by atoms with Gasteiger partial charge in [0, 0.05) is 0 Å². The van der Waals surface area contributed by atoms with E-state index < -0.39 is 0 Å². The maximum Gasteiger partial charge on any atom is 0.0679 e. The summed E-state index contributed by atoms with van der Waals surface area (Å²) < 4.78 is 0. The molecule has 1 aromatic carbocycles. The van der Waals surface area contributed by atoms with Crippen molar-refractivity contribution in [1.29, 1.82) is 0 Å². The van der Waals surface area contributed by atoms with Crippen LogP contribution in [0.3, 0.4) is 0 Å². The van der Waals surface area contributed by atoms with Crippen LogP contribution in [-0.2, 0) is 0 Å². The van der Waals surface area contributed by atoms with E-state index in [1.165, 1.54) is 21.1 Å². The van der Waals surface area contributed by atoms with Gasteiger partial charge in [0.05, 0.1) is 12.2 Å². The van der Waals surface area contributed by atoms with Crippen LogP contribution in [0.25, 0.3) is 12.2 Å². The van der Waals surface area contributed by atoms with E-state index in [0.717, 1.165) is 12.1 Å². The van der Waals surface area contributed by atoms with Gasteiger partial charge in [-0.05, 0) is 28.5 Å². The maximum absolute atomic E-state index is 9.83. The fourth-order valence-corrected chi connectivity index (χ4v) is 2.18. The van der Waals surface area contributed by atoms with Crippen molar-refractivity contribution in [3.63, 3.8) is 0 Å². The first-order valence-corrected chi connectivity index (χ1v) is 5.48. The van der Waals surface area contributed by atoms with E-state index in [4.69, 9.17) is 0 Å². The Kier molecular flexibility index (Phi) is 2.15. The Morgan fingerprint density at radius 2 is 1.94 bits per heavy atom. The predicted octanol–water partition coefficient (Wildman–Crippen LogP) is 1.17. The van der Waals surface area contributed by atoms with Crippen molar-refractivity contribution < 1.29 is 5.21 Å². The molecular formula is C14H13NO. The molecule has 2 aliphatic rings. The van der Waals surface area contributed by atoms with Crippen molar-refractivity contribution in [3.8, 4) is 0 Å². The average molecular weight is 211 g/mol. The second kappa shape index (κ2) is 3.65. The van der Waals surface area contributed by atoms with Crippen LogP contribution in [0.1, 0.15) is 6.42 Å². The van der Waals surface area contributed by atoms with Crippen molar-refractivity contribution in [2.24, 2.45) is 0 Å². The molecule has 2 nitrogen and oxygen atoms in total. The first kappa shape index (κ1) is 9.43. The quantitative estimate of drug-likeness (QED) is 0.696. The van der Waals surface area contributed by atoms with Crippen LogP contribution >= 0.6 is 0 Å². The summed E-state index contributed by atoms with van der Waals surface area (Å²) in [4.78, 5) is 0. The summed E-state index contributed by atoms with van der Waals surface area (Å²) in [5.74, 6) is 0. The molecule has 1 N–H and O–H groups in total. The standard InChI is InChI=1S/C14H13NO/c16-15-9-3-6-12-8-7-11-4-1-2-5-13(11)10-14(12)15/h1-7,10,16H,8-9H2. The molecular weight excluding hydrogens is 198 g/mol. The van der Waals surface area contributed by atoms with Crippen LogP contribution in [0.5, 0.6) is 0 Å². The maximum atomic E-state index is 9.83. The zero-order valence-corrected chi connectivity index (χ0v) is 8.93. The van der Waals surface area contributed by atoms with Gasteiger partial charge in [0.15, 0.2) is 0 Å². The molecule has 0 saturated heterocycles. The summed E-state index contributed by atoms with van der Waals surface area (Å²) in [5, 5.41) is 13.5. The van der Waals surface area contributed by atoms with E-state index in [0.29, 0.717) is 6.54 Å². The number of benzene rings is 1. The van der Waals surface area contributed by atoms with Crippen molar-refractivity contribution in [2.45, 2.75) is 6.42 Å².